The third kappa shape index (κ3) is 2.44. The van der Waals surface area contributed by atoms with E-state index in [0.717, 1.165) is 0 Å². The molecule has 0 radical (unpaired) electrons. The first-order valence-electron chi connectivity index (χ1n) is 6.18. The van der Waals surface area contributed by atoms with E-state index >= 15 is 0 Å². The van der Waals surface area contributed by atoms with Crippen LogP contribution in [0.3, 0.4) is 0 Å². The Kier molecular flexibility index (Phi) is 3.62. The number of fused-ring (bicyclic) bond motifs is 1. The number of hydrogen-bond acceptors (Lipinski definition) is 4. The molecule has 7 heteroatoms. The zero-order valence-corrected chi connectivity index (χ0v) is 11.0. The Bertz CT molecular complexity index is 557. The van der Waals surface area contributed by atoms with Crippen molar-refractivity contribution < 1.29 is 31.9 Å². The van der Waals surface area contributed by atoms with Crippen LogP contribution in [0.25, 0.3) is 0 Å². The molecule has 1 aliphatic rings. The minimum atomic E-state index is -4.84. The summed E-state index contributed by atoms with van der Waals surface area (Å²) in [5, 5.41) is 0. The minimum absolute atomic E-state index is 0.0118. The zero-order valence-electron chi connectivity index (χ0n) is 11.0. The lowest BCUT2D eigenvalue weighted by molar-refractivity contribution is -0.138. The predicted octanol–water partition coefficient (Wildman–Crippen LogP) is 3.24. The van der Waals surface area contributed by atoms with Gasteiger partial charge in [0.1, 0.15) is 11.3 Å². The van der Waals surface area contributed by atoms with E-state index in [-0.39, 0.29) is 31.1 Å². The molecule has 1 atom stereocenters. The van der Waals surface area contributed by atoms with Gasteiger partial charge in [-0.2, -0.15) is 13.2 Å². The second-order valence-electron chi connectivity index (χ2n) is 4.76. The van der Waals surface area contributed by atoms with Crippen LogP contribution < -0.4 is 0 Å². The molecule has 1 unspecified atom stereocenters. The van der Waals surface area contributed by atoms with Crippen molar-refractivity contribution >= 4 is 11.8 Å². The molecule has 0 saturated carbocycles. The summed E-state index contributed by atoms with van der Waals surface area (Å²) < 4.78 is 48.9. The van der Waals surface area contributed by atoms with Crippen LogP contribution >= 0.6 is 0 Å². The number of alkyl halides is 3. The van der Waals surface area contributed by atoms with Crippen molar-refractivity contribution in [3.8, 4) is 0 Å². The highest BCUT2D eigenvalue weighted by molar-refractivity contribution is 6.03. The molecule has 110 valence electrons. The molecule has 1 aliphatic carbocycles. The Labute approximate surface area is 112 Å². The summed E-state index contributed by atoms with van der Waals surface area (Å²) in [7, 11) is 0. The number of esters is 1. The standard InChI is InChI=1S/C13H13F3O4/c1-3-19-12(18)11-10(13(14,15)16)9-7(17)4-6(2)5-8(9)20-11/h6H,3-5H2,1-2H3. The number of Topliss-reactive ketones (excluding diaryl/α,β-unsaturated/α-hetero) is 1. The average Bonchev–Trinajstić information content (AvgIpc) is 2.68. The molecule has 0 N–H and O–H groups in total. The molecule has 0 amide bonds. The molecular weight excluding hydrogens is 277 g/mol. The van der Waals surface area contributed by atoms with Gasteiger partial charge >= 0.3 is 12.1 Å². The number of carbonyl (C=O) groups is 2. The third-order valence-corrected chi connectivity index (χ3v) is 3.07. The number of furan rings is 1. The Morgan fingerprint density at radius 1 is 1.40 bits per heavy atom. The average molecular weight is 290 g/mol. The smallest absolute Gasteiger partial charge is 0.421 e. The zero-order chi connectivity index (χ0) is 15.1. The van der Waals surface area contributed by atoms with Gasteiger partial charge in [0.15, 0.2) is 5.78 Å². The van der Waals surface area contributed by atoms with Crippen LogP contribution in [0.5, 0.6) is 0 Å². The van der Waals surface area contributed by atoms with E-state index < -0.39 is 34.8 Å². The molecule has 4 nitrogen and oxygen atoms in total. The lowest BCUT2D eigenvalue weighted by Gasteiger charge is -2.17. The van der Waals surface area contributed by atoms with Crippen LogP contribution in [0, 0.1) is 5.92 Å². The van der Waals surface area contributed by atoms with E-state index in [1.165, 1.54) is 6.92 Å². The van der Waals surface area contributed by atoms with Crippen LogP contribution in [0.2, 0.25) is 0 Å². The summed E-state index contributed by atoms with van der Waals surface area (Å²) in [6.07, 6.45) is -4.63. The maximum Gasteiger partial charge on any atom is 0.421 e. The molecule has 0 aromatic carbocycles. The molecular formula is C13H13F3O4. The van der Waals surface area contributed by atoms with E-state index in [1.54, 1.807) is 6.92 Å². The van der Waals surface area contributed by atoms with Crippen molar-refractivity contribution in [2.24, 2.45) is 5.92 Å². The first kappa shape index (κ1) is 14.6. The van der Waals surface area contributed by atoms with Crippen LogP contribution in [0.15, 0.2) is 4.42 Å². The van der Waals surface area contributed by atoms with Crippen molar-refractivity contribution in [3.63, 3.8) is 0 Å². The summed E-state index contributed by atoms with van der Waals surface area (Å²) >= 11 is 0. The summed E-state index contributed by atoms with van der Waals surface area (Å²) in [6.45, 7) is 3.13. The molecule has 0 aliphatic heterocycles. The molecule has 0 bridgehead atoms. The van der Waals surface area contributed by atoms with Gasteiger partial charge in [0.2, 0.25) is 5.76 Å². The minimum Gasteiger partial charge on any atom is -0.460 e. The molecule has 0 saturated heterocycles. The molecule has 1 heterocycles. The highest BCUT2D eigenvalue weighted by atomic mass is 19.4. The van der Waals surface area contributed by atoms with Gasteiger partial charge in [-0.25, -0.2) is 4.79 Å². The highest BCUT2D eigenvalue weighted by Crippen LogP contribution is 2.41. The molecule has 1 aromatic rings. The highest BCUT2D eigenvalue weighted by Gasteiger charge is 2.46. The van der Waals surface area contributed by atoms with Crippen LogP contribution in [-0.4, -0.2) is 18.4 Å². The Morgan fingerprint density at radius 3 is 2.60 bits per heavy atom. The van der Waals surface area contributed by atoms with E-state index in [1.807, 2.05) is 0 Å². The first-order valence-corrected chi connectivity index (χ1v) is 6.18. The second-order valence-corrected chi connectivity index (χ2v) is 4.76. The van der Waals surface area contributed by atoms with Crippen molar-refractivity contribution in [2.45, 2.75) is 32.9 Å². The first-order chi connectivity index (χ1) is 9.25. The maximum atomic E-state index is 13.1. The van der Waals surface area contributed by atoms with Gasteiger partial charge in [0.25, 0.3) is 0 Å². The fourth-order valence-electron chi connectivity index (χ4n) is 2.33. The molecule has 20 heavy (non-hydrogen) atoms. The van der Waals surface area contributed by atoms with Crippen molar-refractivity contribution in [2.75, 3.05) is 6.61 Å². The monoisotopic (exact) mass is 290 g/mol. The number of ether oxygens (including phenoxy) is 1. The topological polar surface area (TPSA) is 56.5 Å². The normalized spacial score (nSPS) is 18.9. The van der Waals surface area contributed by atoms with Gasteiger partial charge in [-0.15, -0.1) is 0 Å². The van der Waals surface area contributed by atoms with E-state index in [4.69, 9.17) is 4.42 Å². The van der Waals surface area contributed by atoms with Gasteiger partial charge < -0.3 is 9.15 Å². The van der Waals surface area contributed by atoms with Crippen molar-refractivity contribution in [3.05, 3.63) is 22.6 Å². The molecule has 1 aromatic heterocycles. The van der Waals surface area contributed by atoms with Crippen molar-refractivity contribution in [1.82, 2.24) is 0 Å². The SMILES string of the molecule is CCOC(=O)c1oc2c(c1C(F)(F)F)C(=O)CC(C)C2. The molecule has 2 rings (SSSR count). The van der Waals surface area contributed by atoms with Gasteiger partial charge in [0, 0.05) is 12.8 Å². The lowest BCUT2D eigenvalue weighted by Crippen LogP contribution is -2.21. The van der Waals surface area contributed by atoms with Crippen molar-refractivity contribution in [1.29, 1.82) is 0 Å². The van der Waals surface area contributed by atoms with Crippen LogP contribution in [0.1, 0.15) is 52.5 Å². The number of halogens is 3. The molecule has 0 spiro atoms. The maximum absolute atomic E-state index is 13.1. The summed E-state index contributed by atoms with van der Waals surface area (Å²) in [5.74, 6) is -2.96. The number of ketones is 1. The number of carbonyl (C=O) groups excluding carboxylic acids is 2. The third-order valence-electron chi connectivity index (χ3n) is 3.07. The van der Waals surface area contributed by atoms with E-state index in [9.17, 15) is 22.8 Å². The fourth-order valence-corrected chi connectivity index (χ4v) is 2.33. The van der Waals surface area contributed by atoms with Crippen LogP contribution in [0.4, 0.5) is 13.2 Å². The number of rotatable bonds is 2. The van der Waals surface area contributed by atoms with E-state index in [0.29, 0.717) is 0 Å². The fraction of sp³-hybridized carbons (Fsp3) is 0.538. The van der Waals surface area contributed by atoms with Gasteiger partial charge in [-0.3, -0.25) is 4.79 Å². The lowest BCUT2D eigenvalue weighted by atomic mass is 9.86. The number of hydrogen-bond donors (Lipinski definition) is 0. The van der Waals surface area contributed by atoms with Crippen LogP contribution in [-0.2, 0) is 17.3 Å². The quantitative estimate of drug-likeness (QED) is 0.785. The predicted molar refractivity (Wildman–Crippen MR) is 61.5 cm³/mol. The summed E-state index contributed by atoms with van der Waals surface area (Å²) in [6, 6.07) is 0. The van der Waals surface area contributed by atoms with Gasteiger partial charge in [0.05, 0.1) is 12.2 Å². The summed E-state index contributed by atoms with van der Waals surface area (Å²) in [4.78, 5) is 23.4. The second kappa shape index (κ2) is 4.96. The Morgan fingerprint density at radius 2 is 2.05 bits per heavy atom. The summed E-state index contributed by atoms with van der Waals surface area (Å²) in [5.41, 5.74) is -1.82. The Balaban J connectivity index is 2.62. The largest absolute Gasteiger partial charge is 0.460 e. The van der Waals surface area contributed by atoms with Gasteiger partial charge in [-0.1, -0.05) is 6.92 Å². The Hall–Kier alpha value is -1.79. The van der Waals surface area contributed by atoms with Gasteiger partial charge in [-0.05, 0) is 12.8 Å². The molecule has 0 fully saturated rings. The van der Waals surface area contributed by atoms with E-state index in [2.05, 4.69) is 4.74 Å².